The average molecular weight is 253 g/mol. The minimum absolute atomic E-state index is 0.0503. The smallest absolute Gasteiger partial charge is 0.340 e. The van der Waals surface area contributed by atoms with Crippen LogP contribution in [-0.4, -0.2) is 24.8 Å². The van der Waals surface area contributed by atoms with Crippen molar-refractivity contribution in [2.75, 3.05) is 12.3 Å². The molecule has 2 unspecified atom stereocenters. The van der Waals surface area contributed by atoms with Crippen LogP contribution < -0.4 is 5.73 Å². The number of hydrogen-bond acceptors (Lipinski definition) is 4. The summed E-state index contributed by atoms with van der Waals surface area (Å²) >= 11 is 0. The van der Waals surface area contributed by atoms with Gasteiger partial charge >= 0.3 is 5.97 Å². The van der Waals surface area contributed by atoms with Crippen molar-refractivity contribution in [2.45, 2.75) is 32.0 Å². The molecule has 0 radical (unpaired) electrons. The zero-order chi connectivity index (χ0) is 13.1. The summed E-state index contributed by atoms with van der Waals surface area (Å²) in [6.45, 7) is 2.19. The molecule has 1 aromatic carbocycles. The van der Waals surface area contributed by atoms with Gasteiger partial charge < -0.3 is 15.2 Å². The number of carbonyl (C=O) groups excluding carboxylic acids is 1. The number of rotatable bonds is 3. The van der Waals surface area contributed by atoms with Crippen LogP contribution in [0, 0.1) is 5.82 Å². The lowest BCUT2D eigenvalue weighted by molar-refractivity contribution is -0.00260. The second-order valence-electron chi connectivity index (χ2n) is 4.48. The van der Waals surface area contributed by atoms with Crippen molar-refractivity contribution in [3.63, 3.8) is 0 Å². The molecule has 1 saturated heterocycles. The Balaban J connectivity index is 1.91. The SMILES string of the molecule is CC1CCC(COC(=O)c2ccc(F)cc2N)O1. The monoisotopic (exact) mass is 253 g/mol. The van der Waals surface area contributed by atoms with Gasteiger partial charge in [-0.1, -0.05) is 0 Å². The third-order valence-corrected chi connectivity index (χ3v) is 2.95. The van der Waals surface area contributed by atoms with Crippen molar-refractivity contribution < 1.29 is 18.7 Å². The minimum Gasteiger partial charge on any atom is -0.459 e. The molecule has 0 aliphatic carbocycles. The molecule has 4 nitrogen and oxygen atoms in total. The third kappa shape index (κ3) is 2.98. The Kier molecular flexibility index (Phi) is 3.81. The summed E-state index contributed by atoms with van der Waals surface area (Å²) in [4.78, 5) is 11.7. The van der Waals surface area contributed by atoms with E-state index in [1.165, 1.54) is 12.1 Å². The number of hydrogen-bond donors (Lipinski definition) is 1. The van der Waals surface area contributed by atoms with E-state index in [1.54, 1.807) is 0 Å². The van der Waals surface area contributed by atoms with Crippen LogP contribution in [0.2, 0.25) is 0 Å². The average Bonchev–Trinajstić information content (AvgIpc) is 2.72. The van der Waals surface area contributed by atoms with Gasteiger partial charge in [-0.15, -0.1) is 0 Å². The Morgan fingerprint density at radius 1 is 1.56 bits per heavy atom. The number of nitrogen functional groups attached to an aromatic ring is 1. The molecule has 0 bridgehead atoms. The van der Waals surface area contributed by atoms with E-state index in [4.69, 9.17) is 15.2 Å². The van der Waals surface area contributed by atoms with Crippen LogP contribution in [-0.2, 0) is 9.47 Å². The second kappa shape index (κ2) is 5.35. The molecule has 1 fully saturated rings. The van der Waals surface area contributed by atoms with Crippen LogP contribution in [0.3, 0.4) is 0 Å². The molecule has 0 amide bonds. The van der Waals surface area contributed by atoms with Crippen LogP contribution in [0.1, 0.15) is 30.1 Å². The van der Waals surface area contributed by atoms with Gasteiger partial charge in [-0.2, -0.15) is 0 Å². The van der Waals surface area contributed by atoms with Crippen LogP contribution in [0.4, 0.5) is 10.1 Å². The topological polar surface area (TPSA) is 61.5 Å². The van der Waals surface area contributed by atoms with Gasteiger partial charge in [0.2, 0.25) is 0 Å². The molecule has 0 aromatic heterocycles. The van der Waals surface area contributed by atoms with E-state index >= 15 is 0 Å². The number of esters is 1. The van der Waals surface area contributed by atoms with Crippen molar-refractivity contribution in [3.05, 3.63) is 29.6 Å². The molecule has 98 valence electrons. The number of carbonyl (C=O) groups is 1. The second-order valence-corrected chi connectivity index (χ2v) is 4.48. The molecule has 18 heavy (non-hydrogen) atoms. The molecule has 2 N–H and O–H groups in total. The summed E-state index contributed by atoms with van der Waals surface area (Å²) in [5, 5.41) is 0. The highest BCUT2D eigenvalue weighted by molar-refractivity contribution is 5.95. The third-order valence-electron chi connectivity index (χ3n) is 2.95. The Hall–Kier alpha value is -1.62. The van der Waals surface area contributed by atoms with E-state index in [0.717, 1.165) is 18.9 Å². The van der Waals surface area contributed by atoms with E-state index in [2.05, 4.69) is 0 Å². The first-order valence-corrected chi connectivity index (χ1v) is 5.94. The number of nitrogens with two attached hydrogens (primary N) is 1. The largest absolute Gasteiger partial charge is 0.459 e. The van der Waals surface area contributed by atoms with Crippen LogP contribution in [0.15, 0.2) is 18.2 Å². The fraction of sp³-hybridized carbons (Fsp3) is 0.462. The predicted molar refractivity (Wildman–Crippen MR) is 64.7 cm³/mol. The summed E-state index contributed by atoms with van der Waals surface area (Å²) in [5.74, 6) is -1.02. The fourth-order valence-corrected chi connectivity index (χ4v) is 1.97. The Morgan fingerprint density at radius 3 is 2.94 bits per heavy atom. The lowest BCUT2D eigenvalue weighted by Gasteiger charge is -2.12. The summed E-state index contributed by atoms with van der Waals surface area (Å²) in [6, 6.07) is 3.61. The molecule has 0 spiro atoms. The normalized spacial score (nSPS) is 23.0. The first-order chi connectivity index (χ1) is 8.56. The van der Waals surface area contributed by atoms with Gasteiger partial charge in [-0.25, -0.2) is 9.18 Å². The van der Waals surface area contributed by atoms with Crippen LogP contribution in [0.5, 0.6) is 0 Å². The van der Waals surface area contributed by atoms with E-state index in [-0.39, 0.29) is 30.1 Å². The summed E-state index contributed by atoms with van der Waals surface area (Å²) < 4.78 is 23.5. The molecule has 2 atom stereocenters. The standard InChI is InChI=1S/C13H16FNO3/c1-8-2-4-10(18-8)7-17-13(16)11-5-3-9(14)6-12(11)15/h3,5-6,8,10H,2,4,7,15H2,1H3. The Labute approximate surface area is 105 Å². The van der Waals surface area contributed by atoms with E-state index in [1.807, 2.05) is 6.92 Å². The number of halogens is 1. The van der Waals surface area contributed by atoms with Gasteiger partial charge in [0.25, 0.3) is 0 Å². The van der Waals surface area contributed by atoms with Gasteiger partial charge in [0.05, 0.1) is 17.8 Å². The van der Waals surface area contributed by atoms with Gasteiger partial charge in [-0.05, 0) is 38.0 Å². The molecule has 0 saturated carbocycles. The van der Waals surface area contributed by atoms with Gasteiger partial charge in [0.15, 0.2) is 0 Å². The highest BCUT2D eigenvalue weighted by Crippen LogP contribution is 2.20. The van der Waals surface area contributed by atoms with Crippen LogP contribution >= 0.6 is 0 Å². The maximum atomic E-state index is 12.8. The zero-order valence-electron chi connectivity index (χ0n) is 10.2. The van der Waals surface area contributed by atoms with Gasteiger partial charge in [0, 0.05) is 5.69 Å². The maximum absolute atomic E-state index is 12.8. The highest BCUT2D eigenvalue weighted by atomic mass is 19.1. The lowest BCUT2D eigenvalue weighted by Crippen LogP contribution is -2.19. The molecule has 1 aromatic rings. The quantitative estimate of drug-likeness (QED) is 0.662. The van der Waals surface area contributed by atoms with E-state index in [0.29, 0.717) is 0 Å². The Bertz CT molecular complexity index is 450. The van der Waals surface area contributed by atoms with E-state index < -0.39 is 11.8 Å². The van der Waals surface area contributed by atoms with Crippen molar-refractivity contribution in [1.82, 2.24) is 0 Å². The number of ether oxygens (including phenoxy) is 2. The number of benzene rings is 1. The molecule has 1 aliphatic heterocycles. The zero-order valence-corrected chi connectivity index (χ0v) is 10.2. The molecule has 1 heterocycles. The van der Waals surface area contributed by atoms with Gasteiger partial charge in [0.1, 0.15) is 12.4 Å². The van der Waals surface area contributed by atoms with Gasteiger partial charge in [-0.3, -0.25) is 0 Å². The van der Waals surface area contributed by atoms with Crippen molar-refractivity contribution in [2.24, 2.45) is 0 Å². The predicted octanol–water partition coefficient (Wildman–Crippen LogP) is 2.13. The van der Waals surface area contributed by atoms with Crippen molar-refractivity contribution in [1.29, 1.82) is 0 Å². The summed E-state index contributed by atoms with van der Waals surface area (Å²) in [5.41, 5.74) is 5.82. The fourth-order valence-electron chi connectivity index (χ4n) is 1.97. The van der Waals surface area contributed by atoms with Crippen LogP contribution in [0.25, 0.3) is 0 Å². The maximum Gasteiger partial charge on any atom is 0.340 e. The molecular weight excluding hydrogens is 237 g/mol. The Morgan fingerprint density at radius 2 is 2.33 bits per heavy atom. The number of anilines is 1. The first kappa shape index (κ1) is 12.8. The minimum atomic E-state index is -0.546. The molecule has 5 heteroatoms. The first-order valence-electron chi connectivity index (χ1n) is 5.94. The molecule has 1 aliphatic rings. The van der Waals surface area contributed by atoms with Crippen molar-refractivity contribution >= 4 is 11.7 Å². The molecular formula is C13H16FNO3. The summed E-state index contributed by atoms with van der Waals surface area (Å²) in [7, 11) is 0. The lowest BCUT2D eigenvalue weighted by atomic mass is 10.2. The highest BCUT2D eigenvalue weighted by Gasteiger charge is 2.23. The van der Waals surface area contributed by atoms with Crippen molar-refractivity contribution in [3.8, 4) is 0 Å². The van der Waals surface area contributed by atoms with E-state index in [9.17, 15) is 9.18 Å². The summed E-state index contributed by atoms with van der Waals surface area (Å²) in [6.07, 6.45) is 2.02. The molecule has 2 rings (SSSR count).